The Morgan fingerprint density at radius 1 is 1.31 bits per heavy atom. The van der Waals surface area contributed by atoms with Gasteiger partial charge in [0.15, 0.2) is 6.61 Å². The molecule has 0 radical (unpaired) electrons. The van der Waals surface area contributed by atoms with Crippen molar-refractivity contribution in [1.82, 2.24) is 9.47 Å². The molecule has 0 N–H and O–H groups in total. The van der Waals surface area contributed by atoms with Crippen LogP contribution in [0.4, 0.5) is 0 Å². The van der Waals surface area contributed by atoms with Crippen LogP contribution in [-0.4, -0.2) is 67.0 Å². The Balaban J connectivity index is 2.03. The Kier molecular flexibility index (Phi) is 8.00. The number of amides is 1. The maximum absolute atomic E-state index is 12.3. The van der Waals surface area contributed by atoms with Gasteiger partial charge in [0.05, 0.1) is 18.8 Å². The van der Waals surface area contributed by atoms with Crippen LogP contribution < -0.4 is 0 Å². The number of morpholine rings is 1. The summed E-state index contributed by atoms with van der Waals surface area (Å²) in [6, 6.07) is 3.77. The first-order chi connectivity index (χ1) is 13.8. The Bertz CT molecular complexity index is 811. The van der Waals surface area contributed by atoms with Gasteiger partial charge in [0.25, 0.3) is 5.91 Å². The summed E-state index contributed by atoms with van der Waals surface area (Å²) >= 11 is 0. The molecule has 1 aromatic rings. The van der Waals surface area contributed by atoms with Crippen LogP contribution in [0.2, 0.25) is 0 Å². The van der Waals surface area contributed by atoms with E-state index < -0.39 is 12.6 Å². The Morgan fingerprint density at radius 2 is 1.97 bits per heavy atom. The van der Waals surface area contributed by atoms with Gasteiger partial charge in [0.1, 0.15) is 11.6 Å². The van der Waals surface area contributed by atoms with E-state index in [0.717, 1.165) is 17.0 Å². The lowest BCUT2D eigenvalue weighted by atomic mass is 10.1. The molecule has 2 atom stereocenters. The van der Waals surface area contributed by atoms with Crippen LogP contribution in [0.3, 0.4) is 0 Å². The van der Waals surface area contributed by atoms with Crippen molar-refractivity contribution in [2.45, 2.75) is 46.4 Å². The van der Waals surface area contributed by atoms with E-state index in [-0.39, 0.29) is 23.7 Å². The summed E-state index contributed by atoms with van der Waals surface area (Å²) in [6.07, 6.45) is 1.36. The van der Waals surface area contributed by atoms with Gasteiger partial charge >= 0.3 is 5.97 Å². The lowest BCUT2D eigenvalue weighted by molar-refractivity contribution is -0.154. The van der Waals surface area contributed by atoms with Gasteiger partial charge in [-0.25, -0.2) is 4.79 Å². The minimum Gasteiger partial charge on any atom is -0.451 e. The number of aromatic nitrogens is 1. The minimum absolute atomic E-state index is 0.0682. The second-order valence-electron chi connectivity index (χ2n) is 7.27. The highest BCUT2D eigenvalue weighted by atomic mass is 16.5. The Morgan fingerprint density at radius 3 is 2.55 bits per heavy atom. The molecule has 29 heavy (non-hydrogen) atoms. The Labute approximate surface area is 171 Å². The third-order valence-electron chi connectivity index (χ3n) is 4.87. The van der Waals surface area contributed by atoms with Gasteiger partial charge in [-0.15, -0.1) is 0 Å². The van der Waals surface area contributed by atoms with E-state index in [1.807, 2.05) is 39.8 Å². The summed E-state index contributed by atoms with van der Waals surface area (Å²) in [5.41, 5.74) is 2.54. The van der Waals surface area contributed by atoms with Gasteiger partial charge in [-0.3, -0.25) is 4.79 Å². The maximum Gasteiger partial charge on any atom is 0.349 e. The minimum atomic E-state index is -0.808. The molecule has 1 amide bonds. The average Bonchev–Trinajstić information content (AvgIpc) is 2.94. The number of carbonyl (C=O) groups excluding carboxylic acids is 2. The third-order valence-corrected chi connectivity index (χ3v) is 4.87. The summed E-state index contributed by atoms with van der Waals surface area (Å²) in [5.74, 6) is -1.10. The molecular formula is C21H29N3O5. The van der Waals surface area contributed by atoms with E-state index in [0.29, 0.717) is 26.2 Å². The number of rotatable bonds is 7. The van der Waals surface area contributed by atoms with Crippen molar-refractivity contribution in [1.29, 1.82) is 5.26 Å². The lowest BCUT2D eigenvalue weighted by Crippen LogP contribution is -2.49. The molecule has 0 aliphatic carbocycles. The largest absolute Gasteiger partial charge is 0.451 e. The fraction of sp³-hybridized carbons (Fsp3) is 0.571. The predicted octanol–water partition coefficient (Wildman–Crippen LogP) is 1.84. The number of nitrogens with zero attached hydrogens (tertiary/aromatic N) is 3. The molecule has 0 bridgehead atoms. The molecule has 1 aliphatic heterocycles. The van der Waals surface area contributed by atoms with Crippen LogP contribution in [0.25, 0.3) is 6.08 Å². The molecule has 8 heteroatoms. The summed E-state index contributed by atoms with van der Waals surface area (Å²) in [6.45, 7) is 9.40. The second kappa shape index (κ2) is 10.2. The molecule has 2 heterocycles. The number of nitriles is 1. The van der Waals surface area contributed by atoms with E-state index in [4.69, 9.17) is 14.2 Å². The first kappa shape index (κ1) is 22.7. The summed E-state index contributed by atoms with van der Waals surface area (Å²) in [7, 11) is 1.64. The third kappa shape index (κ3) is 5.92. The van der Waals surface area contributed by atoms with Crippen molar-refractivity contribution < 1.29 is 23.8 Å². The van der Waals surface area contributed by atoms with Gasteiger partial charge in [-0.2, -0.15) is 5.26 Å². The molecule has 0 aromatic carbocycles. The number of esters is 1. The van der Waals surface area contributed by atoms with Crippen molar-refractivity contribution in [3.63, 3.8) is 0 Å². The summed E-state index contributed by atoms with van der Waals surface area (Å²) in [4.78, 5) is 26.3. The van der Waals surface area contributed by atoms with Crippen molar-refractivity contribution >= 4 is 18.0 Å². The lowest BCUT2D eigenvalue weighted by Gasteiger charge is -2.35. The quantitative estimate of drug-likeness (QED) is 0.392. The molecule has 1 saturated heterocycles. The molecule has 8 nitrogen and oxygen atoms in total. The van der Waals surface area contributed by atoms with Crippen LogP contribution in [0.1, 0.15) is 30.8 Å². The summed E-state index contributed by atoms with van der Waals surface area (Å²) < 4.78 is 17.9. The van der Waals surface area contributed by atoms with E-state index in [1.54, 1.807) is 12.0 Å². The van der Waals surface area contributed by atoms with E-state index >= 15 is 0 Å². The van der Waals surface area contributed by atoms with Gasteiger partial charge < -0.3 is 23.7 Å². The fourth-order valence-corrected chi connectivity index (χ4v) is 3.47. The van der Waals surface area contributed by atoms with Crippen LogP contribution in [-0.2, 0) is 30.3 Å². The van der Waals surface area contributed by atoms with Crippen LogP contribution >= 0.6 is 0 Å². The fourth-order valence-electron chi connectivity index (χ4n) is 3.47. The van der Waals surface area contributed by atoms with Crippen LogP contribution in [0, 0.1) is 25.2 Å². The zero-order chi connectivity index (χ0) is 21.6. The molecule has 1 fully saturated rings. The highest BCUT2D eigenvalue weighted by Crippen LogP contribution is 2.19. The number of hydrogen-bond donors (Lipinski definition) is 0. The molecule has 158 valence electrons. The van der Waals surface area contributed by atoms with E-state index in [2.05, 4.69) is 4.57 Å². The predicted molar refractivity (Wildman–Crippen MR) is 107 cm³/mol. The van der Waals surface area contributed by atoms with Crippen molar-refractivity contribution in [2.24, 2.45) is 0 Å². The van der Waals surface area contributed by atoms with Crippen molar-refractivity contribution in [3.05, 3.63) is 28.6 Å². The molecule has 1 aromatic heterocycles. The number of ether oxygens (including phenoxy) is 3. The van der Waals surface area contributed by atoms with Gasteiger partial charge in [0.2, 0.25) is 0 Å². The number of carbonyl (C=O) groups is 2. The monoisotopic (exact) mass is 403 g/mol. The normalized spacial score (nSPS) is 19.7. The number of aryl methyl sites for hydroxylation is 1. The Hall–Kier alpha value is -2.63. The van der Waals surface area contributed by atoms with Crippen molar-refractivity contribution in [3.8, 4) is 6.07 Å². The molecule has 1 aliphatic rings. The molecule has 0 spiro atoms. The molecule has 0 saturated carbocycles. The number of methoxy groups -OCH3 is 1. The highest BCUT2D eigenvalue weighted by Gasteiger charge is 2.26. The van der Waals surface area contributed by atoms with Gasteiger partial charge in [0, 0.05) is 38.1 Å². The smallest absolute Gasteiger partial charge is 0.349 e. The van der Waals surface area contributed by atoms with E-state index in [1.165, 1.54) is 6.08 Å². The van der Waals surface area contributed by atoms with Crippen molar-refractivity contribution in [2.75, 3.05) is 33.4 Å². The van der Waals surface area contributed by atoms with E-state index in [9.17, 15) is 14.9 Å². The first-order valence-corrected chi connectivity index (χ1v) is 9.64. The van der Waals surface area contributed by atoms with Crippen LogP contribution in [0.15, 0.2) is 11.6 Å². The zero-order valence-electron chi connectivity index (χ0n) is 17.7. The maximum atomic E-state index is 12.3. The standard InChI is InChI=1S/C21H29N3O5/c1-14-8-18(17(4)24(14)6-7-27-5)9-19(10-22)21(26)28-13-20(25)23-11-15(2)29-16(3)12-23/h8-9,15-16H,6-7,11-13H2,1-5H3/b19-9+/t15-,16-/m1/s1. The SMILES string of the molecule is COCCn1c(C)cc(/C=C(\C#N)C(=O)OCC(=O)N2C[C@@H](C)O[C@H](C)C2)c1C. The van der Waals surface area contributed by atoms with Crippen LogP contribution in [0.5, 0.6) is 0 Å². The number of hydrogen-bond acceptors (Lipinski definition) is 6. The summed E-state index contributed by atoms with van der Waals surface area (Å²) in [5, 5.41) is 9.39. The van der Waals surface area contributed by atoms with Gasteiger partial charge in [-0.1, -0.05) is 0 Å². The molecule has 2 rings (SSSR count). The zero-order valence-corrected chi connectivity index (χ0v) is 17.7. The second-order valence-corrected chi connectivity index (χ2v) is 7.27. The highest BCUT2D eigenvalue weighted by molar-refractivity contribution is 5.99. The first-order valence-electron chi connectivity index (χ1n) is 9.64. The molecular weight excluding hydrogens is 374 g/mol. The molecule has 0 unspecified atom stereocenters. The van der Waals surface area contributed by atoms with Gasteiger partial charge in [-0.05, 0) is 45.4 Å². The topological polar surface area (TPSA) is 93.8 Å². The average molecular weight is 403 g/mol.